The largest absolute Gasteiger partial charge is 0.393 e. The van der Waals surface area contributed by atoms with Crippen molar-refractivity contribution in [2.75, 3.05) is 6.61 Å². The van der Waals surface area contributed by atoms with Crippen molar-refractivity contribution in [3.05, 3.63) is 12.2 Å². The van der Waals surface area contributed by atoms with Crippen molar-refractivity contribution in [3.8, 4) is 0 Å². The molecule has 0 amide bonds. The normalized spacial score (nSPS) is 32.5. The highest BCUT2D eigenvalue weighted by molar-refractivity contribution is 5.94. The van der Waals surface area contributed by atoms with E-state index in [0.29, 0.717) is 0 Å². The lowest BCUT2D eigenvalue weighted by atomic mass is 10.2. The average Bonchev–Trinajstić information content (AvgIpc) is 2.73. The van der Waals surface area contributed by atoms with E-state index in [1.54, 1.807) is 6.08 Å². The molecule has 1 saturated carbocycles. The summed E-state index contributed by atoms with van der Waals surface area (Å²) in [7, 11) is 0. The molecule has 0 aromatic heterocycles. The summed E-state index contributed by atoms with van der Waals surface area (Å²) in [6.07, 6.45) is 6.59. The van der Waals surface area contributed by atoms with E-state index < -0.39 is 12.4 Å². The van der Waals surface area contributed by atoms with Crippen molar-refractivity contribution < 1.29 is 19.4 Å². The van der Waals surface area contributed by atoms with Crippen molar-refractivity contribution in [1.82, 2.24) is 0 Å². The predicted octanol–water partition coefficient (Wildman–Crippen LogP) is 0.788. The highest BCUT2D eigenvalue weighted by Gasteiger charge is 2.27. The Morgan fingerprint density at radius 2 is 2.20 bits per heavy atom. The first kappa shape index (κ1) is 10.8. The number of hydrogen-bond acceptors (Lipinski definition) is 4. The molecule has 2 aliphatic rings. The molecule has 4 nitrogen and oxygen atoms in total. The summed E-state index contributed by atoms with van der Waals surface area (Å²) in [6.45, 7) is -0.284. The summed E-state index contributed by atoms with van der Waals surface area (Å²) >= 11 is 0. The minimum atomic E-state index is -0.749. The van der Waals surface area contributed by atoms with Crippen LogP contribution >= 0.6 is 0 Å². The molecule has 1 aliphatic heterocycles. The van der Waals surface area contributed by atoms with E-state index in [2.05, 4.69) is 0 Å². The zero-order chi connectivity index (χ0) is 10.7. The van der Waals surface area contributed by atoms with E-state index in [4.69, 9.17) is 14.6 Å². The molecule has 2 rings (SSSR count). The lowest BCUT2D eigenvalue weighted by Gasteiger charge is -2.25. The Hall–Kier alpha value is -0.710. The summed E-state index contributed by atoms with van der Waals surface area (Å²) in [6, 6.07) is 0. The summed E-state index contributed by atoms with van der Waals surface area (Å²) < 4.78 is 11.0. The monoisotopic (exact) mass is 212 g/mol. The minimum absolute atomic E-state index is 0.191. The van der Waals surface area contributed by atoms with E-state index in [1.807, 2.05) is 0 Å². The van der Waals surface area contributed by atoms with Gasteiger partial charge in [0, 0.05) is 0 Å². The Bertz CT molecular complexity index is 255. The first-order valence-corrected chi connectivity index (χ1v) is 5.43. The second kappa shape index (κ2) is 4.88. The third kappa shape index (κ3) is 2.65. The maximum absolute atomic E-state index is 11.2. The molecule has 0 radical (unpaired) electrons. The highest BCUT2D eigenvalue weighted by atomic mass is 16.7. The standard InChI is InChI=1S/C11H16O4/c12-7-10-9(13)5-6-11(15-10)14-8-3-1-2-4-8/h5-6,8,10-12H,1-4,7H2/t10-,11+/m1/s1. The van der Waals surface area contributed by atoms with Crippen molar-refractivity contribution >= 4 is 5.78 Å². The number of carbonyl (C=O) groups excluding carboxylic acids is 1. The summed E-state index contributed by atoms with van der Waals surface area (Å²) in [5.74, 6) is -0.191. The number of hydrogen-bond donors (Lipinski definition) is 1. The first-order valence-electron chi connectivity index (χ1n) is 5.43. The molecule has 0 unspecified atom stereocenters. The zero-order valence-electron chi connectivity index (χ0n) is 8.59. The molecule has 0 saturated heterocycles. The summed E-state index contributed by atoms with van der Waals surface area (Å²) in [5.41, 5.74) is 0. The second-order valence-electron chi connectivity index (χ2n) is 3.98. The first-order chi connectivity index (χ1) is 7.29. The number of aliphatic hydroxyl groups is 1. The molecule has 0 aromatic rings. The van der Waals surface area contributed by atoms with Gasteiger partial charge < -0.3 is 14.6 Å². The van der Waals surface area contributed by atoms with Gasteiger partial charge in [-0.05, 0) is 25.0 Å². The number of ether oxygens (including phenoxy) is 2. The molecule has 4 heteroatoms. The van der Waals surface area contributed by atoms with Crippen molar-refractivity contribution in [3.63, 3.8) is 0 Å². The van der Waals surface area contributed by atoms with Crippen LogP contribution < -0.4 is 0 Å². The number of ketones is 1. The van der Waals surface area contributed by atoms with Gasteiger partial charge in [-0.1, -0.05) is 12.8 Å². The molecule has 84 valence electrons. The zero-order valence-corrected chi connectivity index (χ0v) is 8.59. The third-order valence-electron chi connectivity index (χ3n) is 2.83. The van der Waals surface area contributed by atoms with E-state index in [1.165, 1.54) is 18.9 Å². The van der Waals surface area contributed by atoms with Gasteiger partial charge in [-0.15, -0.1) is 0 Å². The quantitative estimate of drug-likeness (QED) is 0.751. The fourth-order valence-electron chi connectivity index (χ4n) is 1.98. The second-order valence-corrected chi connectivity index (χ2v) is 3.98. The Labute approximate surface area is 88.9 Å². The van der Waals surface area contributed by atoms with Gasteiger partial charge in [0.1, 0.15) is 6.10 Å². The lowest BCUT2D eigenvalue weighted by Crippen LogP contribution is -2.37. The SMILES string of the molecule is O=C1C=C[C@@H](OC2CCCC2)O[C@@H]1CO. The van der Waals surface area contributed by atoms with Crippen LogP contribution in [0.2, 0.25) is 0 Å². The fraction of sp³-hybridized carbons (Fsp3) is 0.727. The highest BCUT2D eigenvalue weighted by Crippen LogP contribution is 2.24. The number of rotatable bonds is 3. The summed E-state index contributed by atoms with van der Waals surface area (Å²) in [4.78, 5) is 11.2. The molecule has 0 aromatic carbocycles. The van der Waals surface area contributed by atoms with Gasteiger partial charge in [-0.3, -0.25) is 4.79 Å². The van der Waals surface area contributed by atoms with Crippen LogP contribution in [0.4, 0.5) is 0 Å². The van der Waals surface area contributed by atoms with Crippen LogP contribution in [0.3, 0.4) is 0 Å². The number of carbonyl (C=O) groups is 1. The van der Waals surface area contributed by atoms with Gasteiger partial charge in [-0.25, -0.2) is 0 Å². The Morgan fingerprint density at radius 3 is 2.87 bits per heavy atom. The number of aliphatic hydroxyl groups excluding tert-OH is 1. The van der Waals surface area contributed by atoms with Crippen LogP contribution in [0, 0.1) is 0 Å². The van der Waals surface area contributed by atoms with Gasteiger partial charge in [0.2, 0.25) is 0 Å². The maximum atomic E-state index is 11.2. The van der Waals surface area contributed by atoms with Gasteiger partial charge in [0.05, 0.1) is 12.7 Å². The van der Waals surface area contributed by atoms with Crippen LogP contribution in [-0.4, -0.2) is 36.0 Å². The molecule has 2 atom stereocenters. The fourth-order valence-corrected chi connectivity index (χ4v) is 1.98. The van der Waals surface area contributed by atoms with E-state index in [0.717, 1.165) is 12.8 Å². The Morgan fingerprint density at radius 1 is 1.47 bits per heavy atom. The third-order valence-corrected chi connectivity index (χ3v) is 2.83. The Kier molecular flexibility index (Phi) is 3.51. The minimum Gasteiger partial charge on any atom is -0.393 e. The van der Waals surface area contributed by atoms with Gasteiger partial charge in [0.25, 0.3) is 0 Å². The maximum Gasteiger partial charge on any atom is 0.186 e. The molecule has 15 heavy (non-hydrogen) atoms. The van der Waals surface area contributed by atoms with E-state index in [-0.39, 0.29) is 18.5 Å². The topological polar surface area (TPSA) is 55.8 Å². The smallest absolute Gasteiger partial charge is 0.186 e. The van der Waals surface area contributed by atoms with Crippen LogP contribution in [0.15, 0.2) is 12.2 Å². The van der Waals surface area contributed by atoms with Crippen LogP contribution in [0.1, 0.15) is 25.7 Å². The van der Waals surface area contributed by atoms with Gasteiger partial charge in [-0.2, -0.15) is 0 Å². The average molecular weight is 212 g/mol. The molecule has 1 aliphatic carbocycles. The molecule has 0 spiro atoms. The van der Waals surface area contributed by atoms with Crippen molar-refractivity contribution in [2.45, 2.75) is 44.2 Å². The van der Waals surface area contributed by atoms with Gasteiger partial charge in [0.15, 0.2) is 12.1 Å². The van der Waals surface area contributed by atoms with E-state index >= 15 is 0 Å². The Balaban J connectivity index is 1.87. The molecule has 1 heterocycles. The summed E-state index contributed by atoms with van der Waals surface area (Å²) in [5, 5.41) is 8.90. The van der Waals surface area contributed by atoms with Gasteiger partial charge >= 0.3 is 0 Å². The van der Waals surface area contributed by atoms with Crippen LogP contribution in [0.25, 0.3) is 0 Å². The van der Waals surface area contributed by atoms with Crippen LogP contribution in [0.5, 0.6) is 0 Å². The molecule has 1 fully saturated rings. The van der Waals surface area contributed by atoms with Crippen molar-refractivity contribution in [1.29, 1.82) is 0 Å². The van der Waals surface area contributed by atoms with Crippen LogP contribution in [-0.2, 0) is 14.3 Å². The molecular formula is C11H16O4. The molecule has 0 bridgehead atoms. The molecule has 1 N–H and O–H groups in total. The predicted molar refractivity (Wildman–Crippen MR) is 53.2 cm³/mol. The lowest BCUT2D eigenvalue weighted by molar-refractivity contribution is -0.182. The van der Waals surface area contributed by atoms with E-state index in [9.17, 15) is 4.79 Å². The molecular weight excluding hydrogens is 196 g/mol. The van der Waals surface area contributed by atoms with Crippen molar-refractivity contribution in [2.24, 2.45) is 0 Å².